The summed E-state index contributed by atoms with van der Waals surface area (Å²) in [6, 6.07) is 6.67. The highest BCUT2D eigenvalue weighted by atomic mass is 19.1. The van der Waals surface area contributed by atoms with Gasteiger partial charge in [-0.1, -0.05) is 5.16 Å². The van der Waals surface area contributed by atoms with Gasteiger partial charge in [-0.25, -0.2) is 14.4 Å². The van der Waals surface area contributed by atoms with Crippen molar-refractivity contribution in [3.8, 4) is 0 Å². The van der Waals surface area contributed by atoms with E-state index in [0.29, 0.717) is 18.0 Å². The summed E-state index contributed by atoms with van der Waals surface area (Å²) in [7, 11) is 0. The lowest BCUT2D eigenvalue weighted by molar-refractivity contribution is 0.243. The van der Waals surface area contributed by atoms with Crippen molar-refractivity contribution in [3.05, 3.63) is 47.3 Å². The molecule has 27 heavy (non-hydrogen) atoms. The molecule has 2 aromatic heterocycles. The first-order valence-corrected chi connectivity index (χ1v) is 9.52. The van der Waals surface area contributed by atoms with Gasteiger partial charge < -0.3 is 9.42 Å². The SMILES string of the molecule is Cc1cc(N2CCN(Cc3noc4cc(F)ccc34)CC2)nc(C2CC2)n1. The van der Waals surface area contributed by atoms with Crippen molar-refractivity contribution >= 4 is 16.8 Å². The number of rotatable bonds is 4. The smallest absolute Gasteiger partial charge is 0.170 e. The Morgan fingerprint density at radius 2 is 1.93 bits per heavy atom. The number of halogens is 1. The third-order valence-electron chi connectivity index (χ3n) is 5.38. The Labute approximate surface area is 157 Å². The summed E-state index contributed by atoms with van der Waals surface area (Å²) >= 11 is 0. The zero-order valence-electron chi connectivity index (χ0n) is 15.4. The fraction of sp³-hybridized carbons (Fsp3) is 0.450. The molecule has 1 aromatic carbocycles. The molecule has 140 valence electrons. The van der Waals surface area contributed by atoms with Crippen LogP contribution in [0.25, 0.3) is 11.0 Å². The largest absolute Gasteiger partial charge is 0.356 e. The van der Waals surface area contributed by atoms with E-state index >= 15 is 0 Å². The van der Waals surface area contributed by atoms with Crippen LogP contribution in [0, 0.1) is 12.7 Å². The molecule has 7 heteroatoms. The highest BCUT2D eigenvalue weighted by molar-refractivity contribution is 5.79. The second-order valence-corrected chi connectivity index (χ2v) is 7.53. The van der Waals surface area contributed by atoms with Crippen LogP contribution in [0.5, 0.6) is 0 Å². The average Bonchev–Trinajstić information content (AvgIpc) is 3.45. The standard InChI is InChI=1S/C20H22FN5O/c1-13-10-19(23-20(22-13)14-2-3-14)26-8-6-25(7-9-26)12-17-16-5-4-15(21)11-18(16)27-24-17/h4-5,10-11,14H,2-3,6-9,12H2,1H3. The molecule has 3 aromatic rings. The first-order chi connectivity index (χ1) is 13.2. The lowest BCUT2D eigenvalue weighted by Crippen LogP contribution is -2.46. The third kappa shape index (κ3) is 3.39. The Balaban J connectivity index is 1.26. The Bertz CT molecular complexity index is 976. The zero-order valence-corrected chi connectivity index (χ0v) is 15.4. The monoisotopic (exact) mass is 367 g/mol. The molecule has 2 fully saturated rings. The molecule has 0 spiro atoms. The van der Waals surface area contributed by atoms with E-state index in [4.69, 9.17) is 9.51 Å². The van der Waals surface area contributed by atoms with Gasteiger partial charge in [0.1, 0.15) is 23.2 Å². The lowest BCUT2D eigenvalue weighted by Gasteiger charge is -2.35. The van der Waals surface area contributed by atoms with E-state index < -0.39 is 0 Å². The highest BCUT2D eigenvalue weighted by Gasteiger charge is 2.28. The summed E-state index contributed by atoms with van der Waals surface area (Å²) in [5.74, 6) is 2.32. The highest BCUT2D eigenvalue weighted by Crippen LogP contribution is 2.38. The second kappa shape index (κ2) is 6.56. The number of hydrogen-bond donors (Lipinski definition) is 0. The fourth-order valence-electron chi connectivity index (χ4n) is 3.69. The maximum absolute atomic E-state index is 13.3. The van der Waals surface area contributed by atoms with Crippen LogP contribution in [0.1, 0.15) is 36.0 Å². The Hall–Kier alpha value is -2.54. The maximum Gasteiger partial charge on any atom is 0.170 e. The predicted molar refractivity (Wildman–Crippen MR) is 100 cm³/mol. The van der Waals surface area contributed by atoms with Crippen molar-refractivity contribution in [2.45, 2.75) is 32.2 Å². The maximum atomic E-state index is 13.3. The van der Waals surface area contributed by atoms with Crippen LogP contribution in [-0.4, -0.2) is 46.2 Å². The lowest BCUT2D eigenvalue weighted by atomic mass is 10.2. The van der Waals surface area contributed by atoms with Gasteiger partial charge in [0.2, 0.25) is 0 Å². The number of nitrogens with zero attached hydrogens (tertiary/aromatic N) is 5. The molecular weight excluding hydrogens is 345 g/mol. The normalized spacial score (nSPS) is 18.4. The molecule has 0 unspecified atom stereocenters. The van der Waals surface area contributed by atoms with Crippen molar-refractivity contribution in [1.29, 1.82) is 0 Å². The number of piperazine rings is 1. The first-order valence-electron chi connectivity index (χ1n) is 9.52. The van der Waals surface area contributed by atoms with E-state index in [0.717, 1.165) is 54.6 Å². The van der Waals surface area contributed by atoms with Crippen LogP contribution >= 0.6 is 0 Å². The molecule has 1 aliphatic heterocycles. The molecule has 2 aliphatic rings. The second-order valence-electron chi connectivity index (χ2n) is 7.53. The number of benzene rings is 1. The molecule has 0 bridgehead atoms. The number of anilines is 1. The van der Waals surface area contributed by atoms with E-state index in [9.17, 15) is 4.39 Å². The van der Waals surface area contributed by atoms with Gasteiger partial charge in [0, 0.05) is 61.9 Å². The summed E-state index contributed by atoms with van der Waals surface area (Å²) < 4.78 is 18.6. The van der Waals surface area contributed by atoms with Gasteiger partial charge in [0.05, 0.1) is 0 Å². The summed E-state index contributed by atoms with van der Waals surface area (Å²) in [6.07, 6.45) is 2.43. The average molecular weight is 367 g/mol. The molecule has 0 atom stereocenters. The Kier molecular flexibility index (Phi) is 4.04. The van der Waals surface area contributed by atoms with Crippen LogP contribution in [0.4, 0.5) is 10.2 Å². The molecule has 6 nitrogen and oxygen atoms in total. The molecule has 0 N–H and O–H groups in total. The topological polar surface area (TPSA) is 58.3 Å². The zero-order chi connectivity index (χ0) is 18.4. The molecule has 1 saturated carbocycles. The molecular formula is C20H22FN5O. The van der Waals surface area contributed by atoms with Gasteiger partial charge >= 0.3 is 0 Å². The van der Waals surface area contributed by atoms with Crippen molar-refractivity contribution in [2.75, 3.05) is 31.1 Å². The minimum Gasteiger partial charge on any atom is -0.356 e. The van der Waals surface area contributed by atoms with Crippen molar-refractivity contribution in [1.82, 2.24) is 20.0 Å². The van der Waals surface area contributed by atoms with Crippen LogP contribution < -0.4 is 4.90 Å². The summed E-state index contributed by atoms with van der Waals surface area (Å²) in [5.41, 5.74) is 2.42. The Morgan fingerprint density at radius 1 is 1.11 bits per heavy atom. The molecule has 5 rings (SSSR count). The molecule has 3 heterocycles. The van der Waals surface area contributed by atoms with Crippen LogP contribution in [-0.2, 0) is 6.54 Å². The summed E-state index contributed by atoms with van der Waals surface area (Å²) in [6.45, 7) is 6.46. The minimum atomic E-state index is -0.301. The quantitative estimate of drug-likeness (QED) is 0.705. The van der Waals surface area contributed by atoms with Crippen LogP contribution in [0.3, 0.4) is 0 Å². The molecule has 1 saturated heterocycles. The minimum absolute atomic E-state index is 0.301. The molecule has 0 amide bonds. The van der Waals surface area contributed by atoms with Crippen molar-refractivity contribution in [3.63, 3.8) is 0 Å². The van der Waals surface area contributed by atoms with Gasteiger partial charge in [0.25, 0.3) is 0 Å². The predicted octanol–water partition coefficient (Wildman–Crippen LogP) is 3.26. The van der Waals surface area contributed by atoms with E-state index in [-0.39, 0.29) is 5.82 Å². The molecule has 1 aliphatic carbocycles. The van der Waals surface area contributed by atoms with E-state index in [1.54, 1.807) is 6.07 Å². The van der Waals surface area contributed by atoms with E-state index in [2.05, 4.69) is 26.0 Å². The fourth-order valence-corrected chi connectivity index (χ4v) is 3.69. The van der Waals surface area contributed by atoms with Gasteiger partial charge in [-0.05, 0) is 31.9 Å². The van der Waals surface area contributed by atoms with E-state index in [1.165, 1.54) is 25.0 Å². The number of aromatic nitrogens is 3. The first kappa shape index (κ1) is 16.6. The summed E-state index contributed by atoms with van der Waals surface area (Å²) in [5, 5.41) is 5.03. The van der Waals surface area contributed by atoms with Gasteiger partial charge in [0.15, 0.2) is 5.58 Å². The van der Waals surface area contributed by atoms with Crippen LogP contribution in [0.15, 0.2) is 28.8 Å². The Morgan fingerprint density at radius 3 is 2.70 bits per heavy atom. The van der Waals surface area contributed by atoms with Gasteiger partial charge in [-0.15, -0.1) is 0 Å². The molecule has 0 radical (unpaired) electrons. The third-order valence-corrected chi connectivity index (χ3v) is 5.38. The van der Waals surface area contributed by atoms with Crippen LogP contribution in [0.2, 0.25) is 0 Å². The van der Waals surface area contributed by atoms with E-state index in [1.807, 2.05) is 6.92 Å². The summed E-state index contributed by atoms with van der Waals surface area (Å²) in [4.78, 5) is 14.1. The van der Waals surface area contributed by atoms with Gasteiger partial charge in [-0.3, -0.25) is 4.90 Å². The van der Waals surface area contributed by atoms with Crippen molar-refractivity contribution in [2.24, 2.45) is 0 Å². The number of aryl methyl sites for hydroxylation is 1. The van der Waals surface area contributed by atoms with Crippen molar-refractivity contribution < 1.29 is 8.91 Å². The van der Waals surface area contributed by atoms with Gasteiger partial charge in [-0.2, -0.15) is 0 Å². The number of fused-ring (bicyclic) bond motifs is 1. The number of hydrogen-bond acceptors (Lipinski definition) is 6.